The predicted molar refractivity (Wildman–Crippen MR) is 72.0 cm³/mol. The Kier molecular flexibility index (Phi) is 4.20. The maximum Gasteiger partial charge on any atom is 0.195 e. The van der Waals surface area contributed by atoms with Crippen LogP contribution in [0, 0.1) is 0 Å². The van der Waals surface area contributed by atoms with Crippen molar-refractivity contribution in [3.8, 4) is 5.75 Å². The standard InChI is InChI=1S/C14H20N2O2/c1-10(2)15-8-4-5-14-16-12-9-11(17-3)6-7-13(12)18-14/h6-7,9-10,15H,4-5,8H2,1-3H3. The van der Waals surface area contributed by atoms with Crippen molar-refractivity contribution < 1.29 is 9.15 Å². The molecule has 1 heterocycles. The molecule has 0 saturated heterocycles. The fourth-order valence-corrected chi connectivity index (χ4v) is 1.82. The molecule has 0 fully saturated rings. The van der Waals surface area contributed by atoms with E-state index in [-0.39, 0.29) is 0 Å². The van der Waals surface area contributed by atoms with Gasteiger partial charge in [-0.1, -0.05) is 13.8 Å². The van der Waals surface area contributed by atoms with Crippen molar-refractivity contribution in [2.24, 2.45) is 0 Å². The zero-order chi connectivity index (χ0) is 13.0. The summed E-state index contributed by atoms with van der Waals surface area (Å²) < 4.78 is 10.8. The Hall–Kier alpha value is -1.55. The molecule has 0 aliphatic carbocycles. The average molecular weight is 248 g/mol. The minimum Gasteiger partial charge on any atom is -0.497 e. The minimum atomic E-state index is 0.526. The fourth-order valence-electron chi connectivity index (χ4n) is 1.82. The summed E-state index contributed by atoms with van der Waals surface area (Å²) in [4.78, 5) is 4.46. The summed E-state index contributed by atoms with van der Waals surface area (Å²) in [5.74, 6) is 1.60. The largest absolute Gasteiger partial charge is 0.497 e. The zero-order valence-corrected chi connectivity index (χ0v) is 11.2. The highest BCUT2D eigenvalue weighted by Gasteiger charge is 2.06. The molecule has 0 aliphatic heterocycles. The number of nitrogens with zero attached hydrogens (tertiary/aromatic N) is 1. The molecular formula is C14H20N2O2. The summed E-state index contributed by atoms with van der Waals surface area (Å²) in [6, 6.07) is 6.21. The highest BCUT2D eigenvalue weighted by molar-refractivity contribution is 5.74. The number of aryl methyl sites for hydroxylation is 1. The van der Waals surface area contributed by atoms with Crippen molar-refractivity contribution in [3.63, 3.8) is 0 Å². The van der Waals surface area contributed by atoms with Crippen LogP contribution in [0.3, 0.4) is 0 Å². The maximum absolute atomic E-state index is 5.68. The van der Waals surface area contributed by atoms with Crippen LogP contribution in [-0.2, 0) is 6.42 Å². The molecule has 2 rings (SSSR count). The second kappa shape index (κ2) is 5.87. The zero-order valence-electron chi connectivity index (χ0n) is 11.2. The van der Waals surface area contributed by atoms with Crippen molar-refractivity contribution in [1.29, 1.82) is 0 Å². The number of methoxy groups -OCH3 is 1. The molecule has 0 amide bonds. The molecule has 2 aromatic rings. The highest BCUT2D eigenvalue weighted by Crippen LogP contribution is 2.21. The van der Waals surface area contributed by atoms with E-state index >= 15 is 0 Å². The molecule has 0 unspecified atom stereocenters. The van der Waals surface area contributed by atoms with E-state index in [2.05, 4.69) is 24.1 Å². The molecule has 4 nitrogen and oxygen atoms in total. The third kappa shape index (κ3) is 3.23. The van der Waals surface area contributed by atoms with Crippen LogP contribution < -0.4 is 10.1 Å². The molecule has 1 aromatic carbocycles. The molecule has 0 aliphatic rings. The van der Waals surface area contributed by atoms with Gasteiger partial charge in [0.15, 0.2) is 11.5 Å². The van der Waals surface area contributed by atoms with Crippen molar-refractivity contribution in [2.45, 2.75) is 32.7 Å². The van der Waals surface area contributed by atoms with E-state index in [0.29, 0.717) is 6.04 Å². The van der Waals surface area contributed by atoms with Gasteiger partial charge in [-0.15, -0.1) is 0 Å². The smallest absolute Gasteiger partial charge is 0.195 e. The molecule has 18 heavy (non-hydrogen) atoms. The highest BCUT2D eigenvalue weighted by atomic mass is 16.5. The Morgan fingerprint density at radius 3 is 2.94 bits per heavy atom. The van der Waals surface area contributed by atoms with Gasteiger partial charge in [0, 0.05) is 18.5 Å². The number of ether oxygens (including phenoxy) is 1. The van der Waals surface area contributed by atoms with Crippen LogP contribution in [0.1, 0.15) is 26.2 Å². The van der Waals surface area contributed by atoms with Crippen LogP contribution in [0.4, 0.5) is 0 Å². The van der Waals surface area contributed by atoms with Crippen molar-refractivity contribution >= 4 is 11.1 Å². The van der Waals surface area contributed by atoms with Gasteiger partial charge in [0.25, 0.3) is 0 Å². The van der Waals surface area contributed by atoms with Gasteiger partial charge >= 0.3 is 0 Å². The molecule has 0 spiro atoms. The van der Waals surface area contributed by atoms with Crippen molar-refractivity contribution in [2.75, 3.05) is 13.7 Å². The predicted octanol–water partition coefficient (Wildman–Crippen LogP) is 2.77. The van der Waals surface area contributed by atoms with E-state index in [1.807, 2.05) is 18.2 Å². The normalized spacial score (nSPS) is 11.3. The van der Waals surface area contributed by atoms with E-state index in [1.165, 1.54) is 0 Å². The number of fused-ring (bicyclic) bond motifs is 1. The van der Waals surface area contributed by atoms with Gasteiger partial charge in [-0.2, -0.15) is 0 Å². The molecular weight excluding hydrogens is 228 g/mol. The quantitative estimate of drug-likeness (QED) is 0.798. The van der Waals surface area contributed by atoms with Gasteiger partial charge < -0.3 is 14.5 Å². The molecule has 1 N–H and O–H groups in total. The summed E-state index contributed by atoms with van der Waals surface area (Å²) in [6.07, 6.45) is 1.89. The Balaban J connectivity index is 1.97. The van der Waals surface area contributed by atoms with E-state index in [4.69, 9.17) is 9.15 Å². The van der Waals surface area contributed by atoms with Gasteiger partial charge in [0.1, 0.15) is 11.3 Å². The van der Waals surface area contributed by atoms with Crippen molar-refractivity contribution in [1.82, 2.24) is 10.3 Å². The first-order chi connectivity index (χ1) is 8.69. The molecule has 98 valence electrons. The van der Waals surface area contributed by atoms with Crippen molar-refractivity contribution in [3.05, 3.63) is 24.1 Å². The topological polar surface area (TPSA) is 47.3 Å². The SMILES string of the molecule is COc1ccc2oc(CCCNC(C)C)nc2c1. The lowest BCUT2D eigenvalue weighted by Crippen LogP contribution is -2.23. The lowest BCUT2D eigenvalue weighted by molar-refractivity contribution is 0.415. The maximum atomic E-state index is 5.68. The fraction of sp³-hybridized carbons (Fsp3) is 0.500. The number of rotatable bonds is 6. The van der Waals surface area contributed by atoms with Crippen LogP contribution in [0.15, 0.2) is 22.6 Å². The second-order valence-electron chi connectivity index (χ2n) is 4.65. The van der Waals surface area contributed by atoms with Crippen LogP contribution in [0.5, 0.6) is 5.75 Å². The second-order valence-corrected chi connectivity index (χ2v) is 4.65. The van der Waals surface area contributed by atoms with Gasteiger partial charge in [-0.05, 0) is 25.1 Å². The lowest BCUT2D eigenvalue weighted by atomic mass is 10.3. The molecule has 4 heteroatoms. The summed E-state index contributed by atoms with van der Waals surface area (Å²) in [6.45, 7) is 5.27. The monoisotopic (exact) mass is 248 g/mol. The molecule has 1 aromatic heterocycles. The first-order valence-corrected chi connectivity index (χ1v) is 6.36. The van der Waals surface area contributed by atoms with Crippen LogP contribution in [0.2, 0.25) is 0 Å². The number of hydrogen-bond acceptors (Lipinski definition) is 4. The third-order valence-electron chi connectivity index (χ3n) is 2.76. The van der Waals surface area contributed by atoms with E-state index in [1.54, 1.807) is 7.11 Å². The van der Waals surface area contributed by atoms with Gasteiger partial charge in [0.05, 0.1) is 7.11 Å². The van der Waals surface area contributed by atoms with Crippen LogP contribution >= 0.6 is 0 Å². The van der Waals surface area contributed by atoms with E-state index < -0.39 is 0 Å². The first-order valence-electron chi connectivity index (χ1n) is 6.36. The first kappa shape index (κ1) is 12.9. The Morgan fingerprint density at radius 2 is 2.22 bits per heavy atom. The number of oxazole rings is 1. The number of hydrogen-bond donors (Lipinski definition) is 1. The average Bonchev–Trinajstić information content (AvgIpc) is 2.75. The number of aromatic nitrogens is 1. The Morgan fingerprint density at radius 1 is 1.39 bits per heavy atom. The summed E-state index contributed by atoms with van der Waals surface area (Å²) >= 11 is 0. The molecule has 0 radical (unpaired) electrons. The van der Waals surface area contributed by atoms with E-state index in [0.717, 1.165) is 42.1 Å². The van der Waals surface area contributed by atoms with Gasteiger partial charge in [0.2, 0.25) is 0 Å². The van der Waals surface area contributed by atoms with Crippen LogP contribution in [0.25, 0.3) is 11.1 Å². The number of benzene rings is 1. The third-order valence-corrected chi connectivity index (χ3v) is 2.76. The summed E-state index contributed by atoms with van der Waals surface area (Å²) in [5, 5.41) is 3.38. The van der Waals surface area contributed by atoms with Gasteiger partial charge in [-0.3, -0.25) is 0 Å². The Bertz CT molecular complexity index is 505. The lowest BCUT2D eigenvalue weighted by Gasteiger charge is -2.05. The Labute approximate surface area is 107 Å². The molecule has 0 bridgehead atoms. The molecule has 0 atom stereocenters. The minimum absolute atomic E-state index is 0.526. The summed E-state index contributed by atoms with van der Waals surface area (Å²) in [7, 11) is 1.65. The molecule has 0 saturated carbocycles. The van der Waals surface area contributed by atoms with Crippen LogP contribution in [-0.4, -0.2) is 24.7 Å². The number of nitrogens with one attached hydrogen (secondary N) is 1. The van der Waals surface area contributed by atoms with Gasteiger partial charge in [-0.25, -0.2) is 4.98 Å². The summed E-state index contributed by atoms with van der Waals surface area (Å²) in [5.41, 5.74) is 1.68. The van der Waals surface area contributed by atoms with E-state index in [9.17, 15) is 0 Å².